The zero-order valence-corrected chi connectivity index (χ0v) is 14.5. The Morgan fingerprint density at radius 3 is 2.54 bits per heavy atom. The molecule has 0 spiro atoms. The average molecular weight is 395 g/mol. The van der Waals surface area contributed by atoms with Crippen molar-refractivity contribution in [3.05, 3.63) is 33.8 Å². The molecule has 0 aliphatic carbocycles. The molecule has 2 aliphatic heterocycles. The van der Waals surface area contributed by atoms with E-state index in [4.69, 9.17) is 0 Å². The maximum Gasteiger partial charge on any atom is 0.311 e. The molecule has 3 amide bonds. The Bertz CT molecular complexity index is 778. The van der Waals surface area contributed by atoms with E-state index in [0.29, 0.717) is 17.4 Å². The van der Waals surface area contributed by atoms with E-state index in [0.717, 1.165) is 4.90 Å². The fraction of sp³-hybridized carbons (Fsp3) is 0.375. The summed E-state index contributed by atoms with van der Waals surface area (Å²) < 4.78 is 0.673. The van der Waals surface area contributed by atoms with Crippen LogP contribution in [0.3, 0.4) is 0 Å². The number of aliphatic carboxylic acids is 1. The minimum Gasteiger partial charge on any atom is -0.481 e. The second-order valence-corrected chi connectivity index (χ2v) is 7.23. The molecule has 24 heavy (non-hydrogen) atoms. The van der Waals surface area contributed by atoms with Gasteiger partial charge in [0.15, 0.2) is 0 Å². The van der Waals surface area contributed by atoms with Crippen molar-refractivity contribution in [1.82, 2.24) is 9.80 Å². The van der Waals surface area contributed by atoms with Crippen molar-refractivity contribution in [3.63, 3.8) is 0 Å². The van der Waals surface area contributed by atoms with E-state index in [1.165, 1.54) is 4.90 Å². The summed E-state index contributed by atoms with van der Waals surface area (Å²) in [5, 5.41) is 9.22. The summed E-state index contributed by atoms with van der Waals surface area (Å²) in [4.78, 5) is 50.7. The number of amides is 3. The number of carbonyl (C=O) groups excluding carboxylic acids is 3. The Hall–Kier alpha value is -2.22. The molecule has 1 aromatic rings. The van der Waals surface area contributed by atoms with Crippen molar-refractivity contribution in [2.24, 2.45) is 5.41 Å². The number of rotatable bonds is 3. The first-order chi connectivity index (χ1) is 11.2. The molecule has 1 N–H and O–H groups in total. The number of hydrogen-bond donors (Lipinski definition) is 1. The number of likely N-dealkylation sites (tertiary alicyclic amines) is 1. The van der Waals surface area contributed by atoms with Gasteiger partial charge in [0.2, 0.25) is 5.91 Å². The van der Waals surface area contributed by atoms with E-state index in [-0.39, 0.29) is 24.2 Å². The lowest BCUT2D eigenvalue weighted by molar-refractivity contribution is -0.147. The molecule has 7 nitrogen and oxygen atoms in total. The van der Waals surface area contributed by atoms with Gasteiger partial charge in [-0.2, -0.15) is 0 Å². The van der Waals surface area contributed by atoms with Crippen LogP contribution in [0, 0.1) is 5.41 Å². The summed E-state index contributed by atoms with van der Waals surface area (Å²) in [5.41, 5.74) is -0.450. The summed E-state index contributed by atoms with van der Waals surface area (Å²) in [6.07, 6.45) is 0.350. The van der Waals surface area contributed by atoms with Crippen LogP contribution in [0.25, 0.3) is 0 Å². The van der Waals surface area contributed by atoms with E-state index < -0.39 is 29.1 Å². The van der Waals surface area contributed by atoms with Gasteiger partial charge in [0.1, 0.15) is 6.54 Å². The number of fused-ring (bicyclic) bond motifs is 1. The molecule has 3 rings (SSSR count). The number of carboxylic acid groups (broad SMARTS) is 1. The molecule has 0 aromatic heterocycles. The highest BCUT2D eigenvalue weighted by Crippen LogP contribution is 2.31. The topological polar surface area (TPSA) is 95.0 Å². The summed E-state index contributed by atoms with van der Waals surface area (Å²) in [6, 6.07) is 4.76. The molecule has 1 unspecified atom stereocenters. The van der Waals surface area contributed by atoms with Gasteiger partial charge in [0, 0.05) is 17.6 Å². The van der Waals surface area contributed by atoms with E-state index in [2.05, 4.69) is 15.9 Å². The van der Waals surface area contributed by atoms with Gasteiger partial charge in [-0.05, 0) is 31.5 Å². The Morgan fingerprint density at radius 1 is 1.25 bits per heavy atom. The monoisotopic (exact) mass is 394 g/mol. The zero-order chi connectivity index (χ0) is 17.6. The molecular weight excluding hydrogens is 380 g/mol. The second-order valence-electron chi connectivity index (χ2n) is 6.32. The molecule has 0 saturated carbocycles. The van der Waals surface area contributed by atoms with Crippen LogP contribution >= 0.6 is 15.9 Å². The lowest BCUT2D eigenvalue weighted by atomic mass is 9.90. The lowest BCUT2D eigenvalue weighted by Crippen LogP contribution is -2.43. The van der Waals surface area contributed by atoms with Crippen LogP contribution in [-0.4, -0.2) is 58.2 Å². The standard InChI is InChI=1S/C16H15BrN2O5/c1-16(15(23)24)4-5-18(8-16)12(20)7-19-13(21)10-3-2-9(17)6-11(10)14(19)22/h2-3,6H,4-5,7-8H2,1H3,(H,23,24). The van der Waals surface area contributed by atoms with Gasteiger partial charge in [-0.1, -0.05) is 15.9 Å². The molecule has 0 radical (unpaired) electrons. The molecule has 2 heterocycles. The fourth-order valence-electron chi connectivity index (χ4n) is 2.99. The van der Waals surface area contributed by atoms with Crippen molar-refractivity contribution in [2.45, 2.75) is 13.3 Å². The molecule has 1 atom stereocenters. The number of carbonyl (C=O) groups is 4. The van der Waals surface area contributed by atoms with Crippen LogP contribution < -0.4 is 0 Å². The van der Waals surface area contributed by atoms with Gasteiger partial charge >= 0.3 is 5.97 Å². The minimum absolute atomic E-state index is 0.0793. The third kappa shape index (κ3) is 2.60. The first-order valence-electron chi connectivity index (χ1n) is 7.40. The van der Waals surface area contributed by atoms with Crippen LogP contribution in [0.4, 0.5) is 0 Å². The van der Waals surface area contributed by atoms with Crippen LogP contribution in [0.1, 0.15) is 34.1 Å². The Morgan fingerprint density at radius 2 is 1.92 bits per heavy atom. The number of halogens is 1. The lowest BCUT2D eigenvalue weighted by Gasteiger charge is -2.22. The summed E-state index contributed by atoms with van der Waals surface area (Å²) in [6.45, 7) is 1.59. The number of hydrogen-bond acceptors (Lipinski definition) is 4. The average Bonchev–Trinajstić information content (AvgIpc) is 3.03. The number of benzene rings is 1. The summed E-state index contributed by atoms with van der Waals surface area (Å²) in [5.74, 6) is -2.39. The molecule has 1 fully saturated rings. The largest absolute Gasteiger partial charge is 0.481 e. The van der Waals surface area contributed by atoms with Gasteiger partial charge in [0.05, 0.1) is 16.5 Å². The van der Waals surface area contributed by atoms with Gasteiger partial charge in [0.25, 0.3) is 11.8 Å². The number of nitrogens with zero attached hydrogens (tertiary/aromatic N) is 2. The van der Waals surface area contributed by atoms with Gasteiger partial charge in [-0.15, -0.1) is 0 Å². The summed E-state index contributed by atoms with van der Waals surface area (Å²) >= 11 is 3.25. The molecular formula is C16H15BrN2O5. The maximum atomic E-state index is 12.4. The van der Waals surface area contributed by atoms with Gasteiger partial charge in [-0.3, -0.25) is 24.1 Å². The molecule has 0 bridgehead atoms. The number of imide groups is 1. The predicted molar refractivity (Wildman–Crippen MR) is 86.4 cm³/mol. The molecule has 1 aromatic carbocycles. The SMILES string of the molecule is CC1(C(=O)O)CCN(C(=O)CN2C(=O)c3ccc(Br)cc3C2=O)C1. The van der Waals surface area contributed by atoms with E-state index >= 15 is 0 Å². The first-order valence-corrected chi connectivity index (χ1v) is 8.19. The molecule has 8 heteroatoms. The molecule has 1 saturated heterocycles. The highest BCUT2D eigenvalue weighted by Gasteiger charge is 2.44. The van der Waals surface area contributed by atoms with Crippen molar-refractivity contribution in [1.29, 1.82) is 0 Å². The van der Waals surface area contributed by atoms with E-state index in [9.17, 15) is 24.3 Å². The first kappa shape index (κ1) is 16.6. The number of carboxylic acids is 1. The third-order valence-corrected chi connectivity index (χ3v) is 5.06. The fourth-order valence-corrected chi connectivity index (χ4v) is 3.35. The smallest absolute Gasteiger partial charge is 0.311 e. The quantitative estimate of drug-likeness (QED) is 0.781. The summed E-state index contributed by atoms with van der Waals surface area (Å²) in [7, 11) is 0. The third-order valence-electron chi connectivity index (χ3n) is 4.57. The Kier molecular flexibility index (Phi) is 3.95. The van der Waals surface area contributed by atoms with E-state index in [1.54, 1.807) is 25.1 Å². The molecule has 126 valence electrons. The van der Waals surface area contributed by atoms with E-state index in [1.807, 2.05) is 0 Å². The second kappa shape index (κ2) is 5.70. The van der Waals surface area contributed by atoms with Crippen molar-refractivity contribution >= 4 is 39.6 Å². The highest BCUT2D eigenvalue weighted by atomic mass is 79.9. The Labute approximate surface area is 146 Å². The van der Waals surface area contributed by atoms with Gasteiger partial charge < -0.3 is 10.0 Å². The van der Waals surface area contributed by atoms with Crippen LogP contribution in [0.5, 0.6) is 0 Å². The normalized spacial score (nSPS) is 22.9. The van der Waals surface area contributed by atoms with Crippen molar-refractivity contribution < 1.29 is 24.3 Å². The van der Waals surface area contributed by atoms with Crippen LogP contribution in [-0.2, 0) is 9.59 Å². The van der Waals surface area contributed by atoms with Crippen molar-refractivity contribution in [3.8, 4) is 0 Å². The molecule has 2 aliphatic rings. The minimum atomic E-state index is -0.984. The zero-order valence-electron chi connectivity index (χ0n) is 12.9. The van der Waals surface area contributed by atoms with Crippen LogP contribution in [0.15, 0.2) is 22.7 Å². The van der Waals surface area contributed by atoms with Crippen molar-refractivity contribution in [2.75, 3.05) is 19.6 Å². The predicted octanol–water partition coefficient (Wildman–Crippen LogP) is 1.37. The highest BCUT2D eigenvalue weighted by molar-refractivity contribution is 9.10. The van der Waals surface area contributed by atoms with Gasteiger partial charge in [-0.25, -0.2) is 0 Å². The Balaban J connectivity index is 1.74. The maximum absolute atomic E-state index is 12.4. The van der Waals surface area contributed by atoms with Crippen LogP contribution in [0.2, 0.25) is 0 Å².